The maximum Gasteiger partial charge on any atom is 0.350 e. The highest BCUT2D eigenvalue weighted by Crippen LogP contribution is 2.41. The molecule has 1 aromatic rings. The van der Waals surface area contributed by atoms with E-state index in [1.165, 1.54) is 4.90 Å². The Morgan fingerprint density at radius 2 is 1.90 bits per heavy atom. The number of alkyl halides is 3. The van der Waals surface area contributed by atoms with Crippen molar-refractivity contribution in [3.63, 3.8) is 0 Å². The second-order valence-corrected chi connectivity index (χ2v) is 7.83. The molecule has 0 aliphatic carbocycles. The lowest BCUT2D eigenvalue weighted by Crippen LogP contribution is -2.36. The number of hydrazine groups is 1. The van der Waals surface area contributed by atoms with Crippen LogP contribution >= 0.6 is 58.4 Å². The Balaban J connectivity index is 2.31. The van der Waals surface area contributed by atoms with Crippen LogP contribution in [0.3, 0.4) is 0 Å². The quantitative estimate of drug-likeness (QED) is 0.566. The third-order valence-electron chi connectivity index (χ3n) is 2.66. The smallest absolute Gasteiger partial charge is 0.275 e. The highest BCUT2D eigenvalue weighted by molar-refractivity contribution is 8.01. The van der Waals surface area contributed by atoms with Crippen LogP contribution in [0.4, 0.5) is 14.9 Å². The van der Waals surface area contributed by atoms with E-state index in [1.807, 2.05) is 6.92 Å². The van der Waals surface area contributed by atoms with Gasteiger partial charge in [-0.05, 0) is 24.6 Å². The van der Waals surface area contributed by atoms with Gasteiger partial charge in [0.25, 0.3) is 0 Å². The number of urea groups is 1. The lowest BCUT2D eigenvalue weighted by molar-refractivity contribution is 0.235. The van der Waals surface area contributed by atoms with Crippen LogP contribution in [0.25, 0.3) is 0 Å². The first-order chi connectivity index (χ1) is 9.71. The Bertz CT molecular complexity index is 537. The number of amides is 2. The molecule has 0 radical (unpaired) electrons. The molecule has 10 heteroatoms. The third kappa shape index (κ3) is 4.21. The minimum absolute atomic E-state index is 0.328. The fourth-order valence-electron chi connectivity index (χ4n) is 1.89. The molecule has 1 N–H and O–H groups in total. The van der Waals surface area contributed by atoms with Crippen LogP contribution in [0.5, 0.6) is 0 Å². The van der Waals surface area contributed by atoms with E-state index in [1.54, 1.807) is 18.2 Å². The minimum atomic E-state index is -2.62. The molecule has 1 unspecified atom stereocenters. The predicted octanol–water partition coefficient (Wildman–Crippen LogP) is 5.18. The topological polar surface area (TPSA) is 35.6 Å². The van der Waals surface area contributed by atoms with Gasteiger partial charge in [0, 0.05) is 22.0 Å². The van der Waals surface area contributed by atoms with Crippen LogP contribution in [0.15, 0.2) is 18.2 Å². The molecule has 2 amide bonds. The molecule has 2 rings (SSSR count). The first kappa shape index (κ1) is 17.2. The fraction of sp³-hybridized carbons (Fsp3) is 0.364. The molecular formula is C11H10Cl4FN3OS. The SMILES string of the molecule is CCC1NN(SC(F)(Cl)Cl)C(=O)N1c1cc(Cl)cc(Cl)c1. The van der Waals surface area contributed by atoms with Gasteiger partial charge < -0.3 is 0 Å². The minimum Gasteiger partial charge on any atom is -0.275 e. The van der Waals surface area contributed by atoms with Crippen molar-refractivity contribution < 1.29 is 9.18 Å². The molecule has 4 nitrogen and oxygen atoms in total. The van der Waals surface area contributed by atoms with Gasteiger partial charge in [-0.3, -0.25) is 4.90 Å². The van der Waals surface area contributed by atoms with E-state index in [9.17, 15) is 9.18 Å². The van der Waals surface area contributed by atoms with Crippen LogP contribution in [0, 0.1) is 0 Å². The number of carbonyl (C=O) groups excluding carboxylic acids is 1. The zero-order valence-electron chi connectivity index (χ0n) is 10.6. The summed E-state index contributed by atoms with van der Waals surface area (Å²) in [7, 11) is 0. The van der Waals surface area contributed by atoms with E-state index in [0.717, 1.165) is 4.41 Å². The Hall–Kier alpha value is -0.110. The van der Waals surface area contributed by atoms with E-state index >= 15 is 0 Å². The van der Waals surface area contributed by atoms with E-state index in [2.05, 4.69) is 5.43 Å². The molecule has 1 atom stereocenters. The molecular weight excluding hydrogens is 383 g/mol. The van der Waals surface area contributed by atoms with Crippen molar-refractivity contribution in [2.24, 2.45) is 0 Å². The average molecular weight is 393 g/mol. The first-order valence-electron chi connectivity index (χ1n) is 5.82. The molecule has 0 bridgehead atoms. The van der Waals surface area contributed by atoms with Gasteiger partial charge in [0.05, 0.1) is 5.69 Å². The number of anilines is 1. The Labute approximate surface area is 145 Å². The summed E-state index contributed by atoms with van der Waals surface area (Å²) in [6, 6.07) is 4.22. The lowest BCUT2D eigenvalue weighted by Gasteiger charge is -2.21. The Morgan fingerprint density at radius 3 is 2.38 bits per heavy atom. The summed E-state index contributed by atoms with van der Waals surface area (Å²) < 4.78 is 11.6. The maximum atomic E-state index is 13.3. The second-order valence-electron chi connectivity index (χ2n) is 4.16. The van der Waals surface area contributed by atoms with Crippen molar-refractivity contribution in [3.05, 3.63) is 28.2 Å². The normalized spacial score (nSPS) is 19.5. The molecule has 21 heavy (non-hydrogen) atoms. The summed E-state index contributed by atoms with van der Waals surface area (Å²) in [5.41, 5.74) is 3.31. The van der Waals surface area contributed by atoms with Gasteiger partial charge in [-0.25, -0.2) is 4.79 Å². The molecule has 0 aromatic heterocycles. The van der Waals surface area contributed by atoms with Crippen LogP contribution in [0.1, 0.15) is 13.3 Å². The average Bonchev–Trinajstić information content (AvgIpc) is 2.62. The number of nitrogens with zero attached hydrogens (tertiary/aromatic N) is 2. The number of benzene rings is 1. The monoisotopic (exact) mass is 391 g/mol. The van der Waals surface area contributed by atoms with Crippen molar-refractivity contribution in [1.82, 2.24) is 9.84 Å². The molecule has 1 saturated heterocycles. The third-order valence-corrected chi connectivity index (χ3v) is 4.17. The van der Waals surface area contributed by atoms with Crippen molar-refractivity contribution >= 4 is 70.1 Å². The summed E-state index contributed by atoms with van der Waals surface area (Å²) in [6.45, 7) is 1.86. The Kier molecular flexibility index (Phi) is 5.39. The number of carbonyl (C=O) groups is 1. The highest BCUT2D eigenvalue weighted by Gasteiger charge is 2.42. The molecule has 1 aliphatic rings. The summed E-state index contributed by atoms with van der Waals surface area (Å²) in [6.07, 6.45) is 0.173. The van der Waals surface area contributed by atoms with Gasteiger partial charge in [0.15, 0.2) is 0 Å². The van der Waals surface area contributed by atoms with E-state index in [-0.39, 0.29) is 0 Å². The Morgan fingerprint density at radius 1 is 1.33 bits per heavy atom. The fourth-order valence-corrected chi connectivity index (χ4v) is 3.37. The van der Waals surface area contributed by atoms with Gasteiger partial charge in [0.2, 0.25) is 0 Å². The zero-order valence-corrected chi connectivity index (χ0v) is 14.5. The summed E-state index contributed by atoms with van der Waals surface area (Å²) in [4.78, 5) is 13.8. The van der Waals surface area contributed by atoms with E-state index < -0.39 is 16.1 Å². The van der Waals surface area contributed by atoms with Crippen LogP contribution in [0.2, 0.25) is 10.0 Å². The van der Waals surface area contributed by atoms with Crippen molar-refractivity contribution in [2.45, 2.75) is 23.4 Å². The number of rotatable bonds is 4. The van der Waals surface area contributed by atoms with Crippen molar-refractivity contribution in [3.8, 4) is 0 Å². The summed E-state index contributed by atoms with van der Waals surface area (Å²) >= 11 is 22.8. The summed E-state index contributed by atoms with van der Waals surface area (Å²) in [5, 5.41) is 0.779. The highest BCUT2D eigenvalue weighted by atomic mass is 35.5. The predicted molar refractivity (Wildman–Crippen MR) is 86.5 cm³/mol. The van der Waals surface area contributed by atoms with Gasteiger partial charge in [-0.2, -0.15) is 14.2 Å². The van der Waals surface area contributed by atoms with Crippen molar-refractivity contribution in [1.29, 1.82) is 0 Å². The van der Waals surface area contributed by atoms with Crippen molar-refractivity contribution in [2.75, 3.05) is 4.90 Å². The number of hydrogen-bond donors (Lipinski definition) is 1. The molecule has 1 heterocycles. The van der Waals surface area contributed by atoms with Crippen LogP contribution < -0.4 is 10.3 Å². The second kappa shape index (κ2) is 6.56. The van der Waals surface area contributed by atoms with Gasteiger partial charge in [-0.15, -0.1) is 0 Å². The molecule has 116 valence electrons. The summed E-state index contributed by atoms with van der Waals surface area (Å²) in [5.74, 6) is 0. The zero-order chi connectivity index (χ0) is 15.8. The number of nitrogens with one attached hydrogen (secondary N) is 1. The van der Waals surface area contributed by atoms with Gasteiger partial charge in [0.1, 0.15) is 6.17 Å². The van der Waals surface area contributed by atoms with Crippen LogP contribution in [-0.4, -0.2) is 20.5 Å². The number of hydrogen-bond acceptors (Lipinski definition) is 3. The molecule has 1 aromatic carbocycles. The van der Waals surface area contributed by atoms with Gasteiger partial charge >= 0.3 is 9.95 Å². The standard InChI is InChI=1S/C11H10Cl4FN3OS/c1-2-9-17-19(21-11(14,15)16)10(20)18(9)8-4-6(12)3-7(13)5-8/h3-5,9,17H,2H2,1H3. The number of halogens is 5. The van der Waals surface area contributed by atoms with E-state index in [0.29, 0.717) is 34.1 Å². The molecule has 0 saturated carbocycles. The van der Waals surface area contributed by atoms with E-state index in [4.69, 9.17) is 46.4 Å². The van der Waals surface area contributed by atoms with Gasteiger partial charge in [-0.1, -0.05) is 53.3 Å². The molecule has 0 spiro atoms. The largest absolute Gasteiger partial charge is 0.350 e. The van der Waals surface area contributed by atoms with Crippen LogP contribution in [-0.2, 0) is 0 Å². The first-order valence-corrected chi connectivity index (χ1v) is 8.11. The lowest BCUT2D eigenvalue weighted by atomic mass is 10.2. The maximum absolute atomic E-state index is 13.3. The molecule has 1 aliphatic heterocycles. The molecule has 1 fully saturated rings.